The molecule has 6 heteroatoms. The van der Waals surface area contributed by atoms with Gasteiger partial charge in [-0.05, 0) is 48.2 Å². The second-order valence-electron chi connectivity index (χ2n) is 6.41. The third kappa shape index (κ3) is 5.24. The summed E-state index contributed by atoms with van der Waals surface area (Å²) in [6.45, 7) is 2.06. The fourth-order valence-electron chi connectivity index (χ4n) is 2.79. The number of hydrogen-bond donors (Lipinski definition) is 2. The molecular weight excluding hydrogens is 376 g/mol. The Bertz CT molecular complexity index is 1020. The van der Waals surface area contributed by atoms with Crippen LogP contribution in [0.3, 0.4) is 0 Å². The first kappa shape index (κ1) is 19.7. The van der Waals surface area contributed by atoms with Crippen LogP contribution >= 0.6 is 11.6 Å². The van der Waals surface area contributed by atoms with Gasteiger partial charge in [0.25, 0.3) is 5.91 Å². The molecule has 0 saturated heterocycles. The van der Waals surface area contributed by atoms with Crippen molar-refractivity contribution in [2.24, 2.45) is 0 Å². The van der Waals surface area contributed by atoms with Crippen LogP contribution in [-0.2, 0) is 20.7 Å². The fourth-order valence-corrected chi connectivity index (χ4v) is 2.98. The van der Waals surface area contributed by atoms with Gasteiger partial charge in [-0.2, -0.15) is 0 Å². The molecule has 2 N–H and O–H groups in total. The van der Waals surface area contributed by atoms with Gasteiger partial charge in [0.05, 0.1) is 0 Å². The lowest BCUT2D eigenvalue weighted by atomic mass is 10.1. The van der Waals surface area contributed by atoms with Crippen molar-refractivity contribution in [3.63, 3.8) is 0 Å². The number of nitrogens with one attached hydrogen (secondary N) is 2. The number of halogens is 1. The van der Waals surface area contributed by atoms with Crippen LogP contribution in [0.5, 0.6) is 0 Å². The number of aromatic amines is 1. The van der Waals surface area contributed by atoms with E-state index in [-0.39, 0.29) is 12.5 Å². The molecule has 0 spiro atoms. The number of aryl methyl sites for hydroxylation is 1. The van der Waals surface area contributed by atoms with Gasteiger partial charge in [0.1, 0.15) is 0 Å². The summed E-state index contributed by atoms with van der Waals surface area (Å²) in [5, 5.41) is 4.53. The van der Waals surface area contributed by atoms with Gasteiger partial charge in [0, 0.05) is 34.7 Å². The molecule has 28 heavy (non-hydrogen) atoms. The Morgan fingerprint density at radius 3 is 2.86 bits per heavy atom. The molecular formula is C22H21ClN2O3. The molecule has 0 aliphatic rings. The summed E-state index contributed by atoms with van der Waals surface area (Å²) >= 11 is 6.04. The van der Waals surface area contributed by atoms with Gasteiger partial charge < -0.3 is 15.0 Å². The summed E-state index contributed by atoms with van der Waals surface area (Å²) in [6.07, 6.45) is 5.51. The minimum Gasteiger partial charge on any atom is -0.452 e. The van der Waals surface area contributed by atoms with E-state index in [0.717, 1.165) is 27.6 Å². The van der Waals surface area contributed by atoms with Crippen molar-refractivity contribution in [1.29, 1.82) is 0 Å². The summed E-state index contributed by atoms with van der Waals surface area (Å²) in [5.41, 5.74) is 3.95. The maximum Gasteiger partial charge on any atom is 0.331 e. The molecule has 0 fully saturated rings. The highest BCUT2D eigenvalue weighted by Gasteiger charge is 2.07. The van der Waals surface area contributed by atoms with Crippen molar-refractivity contribution in [3.05, 3.63) is 76.5 Å². The predicted molar refractivity (Wildman–Crippen MR) is 111 cm³/mol. The van der Waals surface area contributed by atoms with E-state index in [0.29, 0.717) is 18.0 Å². The monoisotopic (exact) mass is 396 g/mol. The second kappa shape index (κ2) is 9.24. The smallest absolute Gasteiger partial charge is 0.331 e. The number of hydrogen-bond acceptors (Lipinski definition) is 3. The molecule has 2 aromatic carbocycles. The molecule has 1 amide bonds. The van der Waals surface area contributed by atoms with E-state index in [1.807, 2.05) is 49.5 Å². The van der Waals surface area contributed by atoms with Crippen LogP contribution in [0.4, 0.5) is 0 Å². The normalized spacial score (nSPS) is 11.1. The zero-order valence-corrected chi connectivity index (χ0v) is 16.3. The summed E-state index contributed by atoms with van der Waals surface area (Å²) < 4.78 is 4.96. The van der Waals surface area contributed by atoms with Gasteiger partial charge in [-0.15, -0.1) is 0 Å². The van der Waals surface area contributed by atoms with Crippen molar-refractivity contribution in [2.75, 3.05) is 13.2 Å². The Hall–Kier alpha value is -3.05. The minimum atomic E-state index is -0.580. The molecule has 144 valence electrons. The van der Waals surface area contributed by atoms with Crippen molar-refractivity contribution in [2.45, 2.75) is 13.3 Å². The summed E-state index contributed by atoms with van der Waals surface area (Å²) in [4.78, 5) is 26.8. The van der Waals surface area contributed by atoms with Crippen LogP contribution in [0.2, 0.25) is 5.02 Å². The molecule has 5 nitrogen and oxygen atoms in total. The standard InChI is InChI=1S/C22H21ClN2O3/c1-15-6-7-16(12-19(15)23)8-9-22(27)28-14-21(26)24-11-10-17-13-25-20-5-3-2-4-18(17)20/h2-9,12-13,25H,10-11,14H2,1H3,(H,24,26)/b9-8+. The van der Waals surface area contributed by atoms with Gasteiger partial charge in [-0.3, -0.25) is 4.79 Å². The second-order valence-corrected chi connectivity index (χ2v) is 6.82. The number of para-hydroxylation sites is 1. The number of H-pyrrole nitrogens is 1. The zero-order valence-electron chi connectivity index (χ0n) is 15.5. The molecule has 1 aromatic heterocycles. The van der Waals surface area contributed by atoms with Crippen molar-refractivity contribution in [1.82, 2.24) is 10.3 Å². The SMILES string of the molecule is Cc1ccc(/C=C/C(=O)OCC(=O)NCCc2c[nH]c3ccccc23)cc1Cl. The number of amides is 1. The topological polar surface area (TPSA) is 71.2 Å². The van der Waals surface area contributed by atoms with Gasteiger partial charge in [0.15, 0.2) is 6.61 Å². The molecule has 0 radical (unpaired) electrons. The van der Waals surface area contributed by atoms with Crippen LogP contribution in [0, 0.1) is 6.92 Å². The van der Waals surface area contributed by atoms with Gasteiger partial charge in [0.2, 0.25) is 0 Å². The van der Waals surface area contributed by atoms with Crippen LogP contribution in [0.1, 0.15) is 16.7 Å². The Morgan fingerprint density at radius 2 is 2.04 bits per heavy atom. The quantitative estimate of drug-likeness (QED) is 0.467. The molecule has 0 unspecified atom stereocenters. The maximum atomic E-state index is 11.9. The summed E-state index contributed by atoms with van der Waals surface area (Å²) in [5.74, 6) is -0.913. The molecule has 0 aliphatic heterocycles. The average Bonchev–Trinajstić information content (AvgIpc) is 3.10. The van der Waals surface area contributed by atoms with Crippen LogP contribution in [0.15, 0.2) is 54.7 Å². The van der Waals surface area contributed by atoms with Crippen LogP contribution in [-0.4, -0.2) is 30.0 Å². The number of benzene rings is 2. The lowest BCUT2D eigenvalue weighted by Gasteiger charge is -2.05. The Kier molecular flexibility index (Phi) is 6.50. The highest BCUT2D eigenvalue weighted by Crippen LogP contribution is 2.18. The molecule has 3 aromatic rings. The van der Waals surface area contributed by atoms with E-state index in [9.17, 15) is 9.59 Å². The van der Waals surface area contributed by atoms with Crippen molar-refractivity contribution in [3.8, 4) is 0 Å². The average molecular weight is 397 g/mol. The van der Waals surface area contributed by atoms with E-state index < -0.39 is 5.97 Å². The summed E-state index contributed by atoms with van der Waals surface area (Å²) in [6, 6.07) is 13.5. The molecule has 3 rings (SSSR count). The van der Waals surface area contributed by atoms with Crippen LogP contribution < -0.4 is 5.32 Å². The number of carbonyl (C=O) groups excluding carboxylic acids is 2. The molecule has 0 aliphatic carbocycles. The Balaban J connectivity index is 1.40. The van der Waals surface area contributed by atoms with E-state index in [1.54, 1.807) is 12.1 Å². The van der Waals surface area contributed by atoms with Gasteiger partial charge >= 0.3 is 5.97 Å². The Morgan fingerprint density at radius 1 is 1.21 bits per heavy atom. The Labute approximate surface area is 168 Å². The molecule has 0 bridgehead atoms. The van der Waals surface area contributed by atoms with Gasteiger partial charge in [-0.1, -0.05) is 41.9 Å². The first-order valence-corrected chi connectivity index (χ1v) is 9.33. The molecule has 0 atom stereocenters. The first-order valence-electron chi connectivity index (χ1n) is 8.95. The lowest BCUT2D eigenvalue weighted by molar-refractivity contribution is -0.143. The van der Waals surface area contributed by atoms with Crippen LogP contribution in [0.25, 0.3) is 17.0 Å². The maximum absolute atomic E-state index is 11.9. The van der Waals surface area contributed by atoms with E-state index in [2.05, 4.69) is 10.3 Å². The predicted octanol–water partition coefficient (Wildman–Crippen LogP) is 4.05. The van der Waals surface area contributed by atoms with E-state index >= 15 is 0 Å². The highest BCUT2D eigenvalue weighted by molar-refractivity contribution is 6.31. The molecule has 1 heterocycles. The number of esters is 1. The number of fused-ring (bicyclic) bond motifs is 1. The number of carbonyl (C=O) groups is 2. The van der Waals surface area contributed by atoms with E-state index in [4.69, 9.17) is 16.3 Å². The zero-order chi connectivity index (χ0) is 19.9. The summed E-state index contributed by atoms with van der Waals surface area (Å²) in [7, 11) is 0. The largest absolute Gasteiger partial charge is 0.452 e. The number of aromatic nitrogens is 1. The third-order valence-corrected chi connectivity index (χ3v) is 4.75. The first-order chi connectivity index (χ1) is 13.5. The number of ether oxygens (including phenoxy) is 1. The highest BCUT2D eigenvalue weighted by atomic mass is 35.5. The van der Waals surface area contributed by atoms with Crippen molar-refractivity contribution >= 4 is 40.5 Å². The van der Waals surface area contributed by atoms with Crippen molar-refractivity contribution < 1.29 is 14.3 Å². The lowest BCUT2D eigenvalue weighted by Crippen LogP contribution is -2.30. The number of rotatable bonds is 7. The molecule has 0 saturated carbocycles. The van der Waals surface area contributed by atoms with E-state index in [1.165, 1.54) is 6.08 Å². The minimum absolute atomic E-state index is 0.314. The third-order valence-electron chi connectivity index (χ3n) is 4.34. The van der Waals surface area contributed by atoms with Gasteiger partial charge in [-0.25, -0.2) is 4.79 Å². The fraction of sp³-hybridized carbons (Fsp3) is 0.182.